The van der Waals surface area contributed by atoms with Crippen LogP contribution in [0, 0.1) is 10.1 Å². The highest BCUT2D eigenvalue weighted by molar-refractivity contribution is 7.92. The van der Waals surface area contributed by atoms with Gasteiger partial charge in [0.1, 0.15) is 12.3 Å². The fraction of sp³-hybridized carbons (Fsp3) is 0.0870. The number of hydrazone groups is 1. The minimum absolute atomic E-state index is 0.0571. The Bertz CT molecular complexity index is 1360. The maximum Gasteiger partial charge on any atom is 0.269 e. The van der Waals surface area contributed by atoms with Crippen LogP contribution in [0.3, 0.4) is 0 Å². The van der Waals surface area contributed by atoms with Crippen molar-refractivity contribution in [2.75, 3.05) is 17.5 Å². The number of nitro benzene ring substituents is 1. The van der Waals surface area contributed by atoms with Gasteiger partial charge in [0, 0.05) is 12.1 Å². The van der Waals surface area contributed by atoms with E-state index >= 15 is 0 Å². The summed E-state index contributed by atoms with van der Waals surface area (Å²) in [7, 11) is -4.17. The number of anilines is 1. The van der Waals surface area contributed by atoms with E-state index in [9.17, 15) is 28.1 Å². The van der Waals surface area contributed by atoms with Gasteiger partial charge >= 0.3 is 0 Å². The summed E-state index contributed by atoms with van der Waals surface area (Å²) in [4.78, 5) is 33.6. The summed E-state index contributed by atoms with van der Waals surface area (Å²) in [5.74, 6) is -0.939. The van der Waals surface area contributed by atoms with Gasteiger partial charge in [-0.1, -0.05) is 18.2 Å². The van der Waals surface area contributed by atoms with Crippen LogP contribution in [0.2, 0.25) is 0 Å². The molecule has 0 aliphatic rings. The smallest absolute Gasteiger partial charge is 0.269 e. The number of carbonyl (C=O) groups is 2. The van der Waals surface area contributed by atoms with Gasteiger partial charge in [0.2, 0.25) is 0 Å². The number of hydrogen-bond donors (Lipinski definition) is 2. The Hall–Kier alpha value is -4.78. The van der Waals surface area contributed by atoms with Crippen molar-refractivity contribution >= 4 is 39.4 Å². The average Bonchev–Trinajstić information content (AvgIpc) is 2.87. The molecule has 0 bridgehead atoms. The number of hydrogen-bond acceptors (Lipinski definition) is 8. The van der Waals surface area contributed by atoms with Gasteiger partial charge in [-0.25, -0.2) is 13.8 Å². The third kappa shape index (κ3) is 6.87. The molecular weight excluding hydrogens is 490 g/mol. The highest BCUT2D eigenvalue weighted by atomic mass is 32.2. The lowest BCUT2D eigenvalue weighted by molar-refractivity contribution is -0.384. The number of nitro groups is 1. The zero-order valence-electron chi connectivity index (χ0n) is 18.7. The maximum atomic E-state index is 13.2. The standard InChI is InChI=1S/C23H21N5O7S/c24-22(29)16-35-20-12-6-17(7-13-20)14-25-26-23(30)15-27(18-8-10-19(11-9-18)28(31)32)36(33,34)21-4-2-1-3-5-21/h1-14H,15-16H2,(H2,24,29)(H,26,30)/b25-14-. The lowest BCUT2D eigenvalue weighted by atomic mass is 10.2. The van der Waals surface area contributed by atoms with Crippen LogP contribution < -0.4 is 20.2 Å². The van der Waals surface area contributed by atoms with Gasteiger partial charge < -0.3 is 10.5 Å². The van der Waals surface area contributed by atoms with Crippen molar-refractivity contribution in [2.45, 2.75) is 4.90 Å². The number of primary amides is 1. The lowest BCUT2D eigenvalue weighted by Gasteiger charge is -2.23. The van der Waals surface area contributed by atoms with E-state index in [1.54, 1.807) is 30.3 Å². The fourth-order valence-corrected chi connectivity index (χ4v) is 4.37. The summed E-state index contributed by atoms with van der Waals surface area (Å²) < 4.78 is 32.5. The van der Waals surface area contributed by atoms with Gasteiger partial charge in [0.25, 0.3) is 27.5 Å². The molecule has 3 aromatic rings. The number of ether oxygens (including phenoxy) is 1. The molecule has 0 atom stereocenters. The van der Waals surface area contributed by atoms with E-state index in [0.717, 1.165) is 16.4 Å². The van der Waals surface area contributed by atoms with Crippen molar-refractivity contribution in [1.29, 1.82) is 0 Å². The van der Waals surface area contributed by atoms with Crippen LogP contribution in [0.4, 0.5) is 11.4 Å². The number of nitrogens with one attached hydrogen (secondary N) is 1. The molecule has 0 spiro atoms. The number of nitrogens with two attached hydrogens (primary N) is 1. The molecule has 3 N–H and O–H groups in total. The van der Waals surface area contributed by atoms with Crippen LogP contribution in [0.5, 0.6) is 5.75 Å². The first-order valence-electron chi connectivity index (χ1n) is 10.3. The van der Waals surface area contributed by atoms with E-state index in [-0.39, 0.29) is 22.9 Å². The van der Waals surface area contributed by atoms with Crippen LogP contribution in [0.25, 0.3) is 0 Å². The predicted molar refractivity (Wildman–Crippen MR) is 131 cm³/mol. The topological polar surface area (TPSA) is 174 Å². The van der Waals surface area contributed by atoms with E-state index in [4.69, 9.17) is 10.5 Å². The number of rotatable bonds is 11. The van der Waals surface area contributed by atoms with Gasteiger partial charge in [-0.2, -0.15) is 5.10 Å². The first-order valence-corrected chi connectivity index (χ1v) is 11.8. The molecule has 0 aromatic heterocycles. The summed E-state index contributed by atoms with van der Waals surface area (Å²) in [6.45, 7) is -0.896. The van der Waals surface area contributed by atoms with Crippen molar-refractivity contribution in [2.24, 2.45) is 10.8 Å². The zero-order valence-corrected chi connectivity index (χ0v) is 19.5. The van der Waals surface area contributed by atoms with Crippen molar-refractivity contribution < 1.29 is 27.7 Å². The molecule has 0 radical (unpaired) electrons. The summed E-state index contributed by atoms with van der Waals surface area (Å²) in [6, 6.07) is 18.7. The molecule has 186 valence electrons. The number of benzene rings is 3. The van der Waals surface area contributed by atoms with Gasteiger partial charge in [-0.15, -0.1) is 0 Å². The third-order valence-electron chi connectivity index (χ3n) is 4.63. The molecule has 0 aliphatic heterocycles. The number of carbonyl (C=O) groups excluding carboxylic acids is 2. The average molecular weight is 512 g/mol. The fourth-order valence-electron chi connectivity index (χ4n) is 2.92. The van der Waals surface area contributed by atoms with E-state index in [2.05, 4.69) is 10.5 Å². The minimum atomic E-state index is -4.17. The SMILES string of the molecule is NC(=O)COc1ccc(/C=N\NC(=O)CN(c2ccc([N+](=O)[O-])cc2)S(=O)(=O)c2ccccc2)cc1. The van der Waals surface area contributed by atoms with Gasteiger partial charge in [-0.3, -0.25) is 24.0 Å². The predicted octanol–water partition coefficient (Wildman–Crippen LogP) is 1.80. The second-order valence-corrected chi connectivity index (χ2v) is 9.08. The van der Waals surface area contributed by atoms with Gasteiger partial charge in [0.15, 0.2) is 6.61 Å². The van der Waals surface area contributed by atoms with Crippen LogP contribution >= 0.6 is 0 Å². The molecule has 0 aliphatic carbocycles. The second kappa shape index (κ2) is 11.6. The Morgan fingerprint density at radius 3 is 2.25 bits per heavy atom. The highest BCUT2D eigenvalue weighted by Gasteiger charge is 2.27. The van der Waals surface area contributed by atoms with E-state index in [0.29, 0.717) is 11.3 Å². The molecule has 0 fully saturated rings. The Kier molecular flexibility index (Phi) is 8.30. The van der Waals surface area contributed by atoms with Crippen LogP contribution in [-0.4, -0.2) is 44.5 Å². The molecule has 3 rings (SSSR count). The summed E-state index contributed by atoms with van der Waals surface area (Å²) in [5, 5.41) is 14.8. The van der Waals surface area contributed by atoms with E-state index in [1.165, 1.54) is 42.6 Å². The van der Waals surface area contributed by atoms with Crippen molar-refractivity contribution in [3.8, 4) is 5.75 Å². The quantitative estimate of drug-likeness (QED) is 0.224. The molecule has 12 nitrogen and oxygen atoms in total. The third-order valence-corrected chi connectivity index (χ3v) is 6.42. The maximum absolute atomic E-state index is 13.2. The monoisotopic (exact) mass is 511 g/mol. The zero-order chi connectivity index (χ0) is 26.1. The van der Waals surface area contributed by atoms with Crippen LogP contribution in [-0.2, 0) is 19.6 Å². The number of sulfonamides is 1. The van der Waals surface area contributed by atoms with Crippen molar-refractivity contribution in [1.82, 2.24) is 5.43 Å². The summed E-state index contributed by atoms with van der Waals surface area (Å²) in [6.07, 6.45) is 1.33. The van der Waals surface area contributed by atoms with Crippen LogP contribution in [0.15, 0.2) is 88.9 Å². The molecule has 0 saturated heterocycles. The summed E-state index contributed by atoms with van der Waals surface area (Å²) >= 11 is 0. The van der Waals surface area contributed by atoms with E-state index in [1.807, 2.05) is 0 Å². The van der Waals surface area contributed by atoms with Crippen LogP contribution in [0.1, 0.15) is 5.56 Å². The first-order chi connectivity index (χ1) is 17.2. The Balaban J connectivity index is 1.74. The highest BCUT2D eigenvalue weighted by Crippen LogP contribution is 2.25. The first kappa shape index (κ1) is 25.8. The molecule has 0 heterocycles. The molecule has 36 heavy (non-hydrogen) atoms. The Labute approximate surface area is 206 Å². The number of non-ortho nitro benzene ring substituents is 1. The van der Waals surface area contributed by atoms with Gasteiger partial charge in [0.05, 0.1) is 21.7 Å². The molecular formula is C23H21N5O7S. The number of amides is 2. The normalized spacial score (nSPS) is 11.1. The summed E-state index contributed by atoms with van der Waals surface area (Å²) in [5.41, 5.74) is 7.71. The van der Waals surface area contributed by atoms with Crippen molar-refractivity contribution in [3.63, 3.8) is 0 Å². The molecule has 2 amide bonds. The molecule has 0 unspecified atom stereocenters. The Morgan fingerprint density at radius 1 is 1.03 bits per heavy atom. The largest absolute Gasteiger partial charge is 0.484 e. The Morgan fingerprint density at radius 2 is 1.67 bits per heavy atom. The van der Waals surface area contributed by atoms with Gasteiger partial charge in [-0.05, 0) is 54.1 Å². The van der Waals surface area contributed by atoms with Crippen molar-refractivity contribution in [3.05, 3.63) is 94.5 Å². The second-order valence-electron chi connectivity index (χ2n) is 7.22. The number of nitrogens with zero attached hydrogens (tertiary/aromatic N) is 3. The van der Waals surface area contributed by atoms with E-state index < -0.39 is 33.3 Å². The molecule has 3 aromatic carbocycles. The molecule has 0 saturated carbocycles. The minimum Gasteiger partial charge on any atom is -0.484 e. The lowest BCUT2D eigenvalue weighted by Crippen LogP contribution is -2.39. The molecule has 13 heteroatoms.